The molecule has 0 bridgehead atoms. The molecule has 4 aromatic rings. The van der Waals surface area contributed by atoms with Gasteiger partial charge in [-0.2, -0.15) is 5.10 Å². The lowest BCUT2D eigenvalue weighted by molar-refractivity contribution is 0.0944. The smallest absolute Gasteiger partial charge is 0.272 e. The molecule has 3 aromatic heterocycles. The van der Waals surface area contributed by atoms with E-state index in [1.807, 2.05) is 24.4 Å². The van der Waals surface area contributed by atoms with Crippen LogP contribution in [0.15, 0.2) is 60.9 Å². The predicted octanol–water partition coefficient (Wildman–Crippen LogP) is 1.98. The van der Waals surface area contributed by atoms with Gasteiger partial charge in [0.2, 0.25) is 0 Å². The first-order valence-corrected chi connectivity index (χ1v) is 7.59. The number of carbonyl (C=O) groups is 1. The number of nitrogens with zero attached hydrogens (tertiary/aromatic N) is 5. The van der Waals surface area contributed by atoms with E-state index in [2.05, 4.69) is 20.6 Å². The molecule has 0 saturated heterocycles. The van der Waals surface area contributed by atoms with Crippen LogP contribution >= 0.6 is 0 Å². The van der Waals surface area contributed by atoms with Crippen LogP contribution in [0, 0.1) is 5.82 Å². The summed E-state index contributed by atoms with van der Waals surface area (Å²) in [5.74, 6) is -0.0233. The minimum Gasteiger partial charge on any atom is -0.343 e. The summed E-state index contributed by atoms with van der Waals surface area (Å²) in [6.07, 6.45) is 3.48. The normalized spacial score (nSPS) is 10.9. The Morgan fingerprint density at radius 2 is 1.88 bits per heavy atom. The van der Waals surface area contributed by atoms with Crippen LogP contribution in [-0.2, 0) is 6.54 Å². The van der Waals surface area contributed by atoms with Gasteiger partial charge in [0.25, 0.3) is 5.91 Å². The molecule has 0 fully saturated rings. The van der Waals surface area contributed by atoms with Gasteiger partial charge in [0, 0.05) is 12.4 Å². The molecule has 1 N–H and O–H groups in total. The first-order valence-electron chi connectivity index (χ1n) is 7.59. The molecule has 1 amide bonds. The fourth-order valence-electron chi connectivity index (χ4n) is 2.44. The summed E-state index contributed by atoms with van der Waals surface area (Å²) in [7, 11) is 0. The fraction of sp³-hybridized carbons (Fsp3) is 0.0588. The zero-order chi connectivity index (χ0) is 17.2. The van der Waals surface area contributed by atoms with Crippen LogP contribution in [-0.4, -0.2) is 30.3 Å². The van der Waals surface area contributed by atoms with Gasteiger partial charge >= 0.3 is 0 Å². The monoisotopic (exact) mass is 336 g/mol. The molecule has 0 atom stereocenters. The van der Waals surface area contributed by atoms with E-state index in [0.717, 1.165) is 0 Å². The lowest BCUT2D eigenvalue weighted by atomic mass is 10.3. The Kier molecular flexibility index (Phi) is 3.70. The SMILES string of the molecule is O=C(NCc1nnc2ccccn12)c1ccn(-c2ccc(F)cc2)n1. The largest absolute Gasteiger partial charge is 0.343 e. The van der Waals surface area contributed by atoms with Crippen molar-refractivity contribution in [3.63, 3.8) is 0 Å². The highest BCUT2D eigenvalue weighted by Crippen LogP contribution is 2.09. The summed E-state index contributed by atoms with van der Waals surface area (Å²) >= 11 is 0. The van der Waals surface area contributed by atoms with Gasteiger partial charge in [-0.15, -0.1) is 10.2 Å². The van der Waals surface area contributed by atoms with Crippen molar-refractivity contribution in [1.29, 1.82) is 0 Å². The molecule has 7 nitrogen and oxygen atoms in total. The number of rotatable bonds is 4. The number of nitrogens with one attached hydrogen (secondary N) is 1. The first kappa shape index (κ1) is 15.0. The number of carbonyl (C=O) groups excluding carboxylic acids is 1. The highest BCUT2D eigenvalue weighted by Gasteiger charge is 2.12. The molecule has 0 spiro atoms. The Hall–Kier alpha value is -3.55. The maximum absolute atomic E-state index is 13.0. The Bertz CT molecular complexity index is 1040. The number of pyridine rings is 1. The molecular formula is C17H13FN6O. The molecule has 0 aliphatic carbocycles. The predicted molar refractivity (Wildman–Crippen MR) is 87.7 cm³/mol. The highest BCUT2D eigenvalue weighted by atomic mass is 19.1. The van der Waals surface area contributed by atoms with Gasteiger partial charge in [0.1, 0.15) is 5.82 Å². The Morgan fingerprint density at radius 1 is 1.04 bits per heavy atom. The summed E-state index contributed by atoms with van der Waals surface area (Å²) in [5.41, 5.74) is 1.65. The van der Waals surface area contributed by atoms with E-state index in [9.17, 15) is 9.18 Å². The van der Waals surface area contributed by atoms with Crippen molar-refractivity contribution in [2.45, 2.75) is 6.54 Å². The minimum absolute atomic E-state index is 0.230. The second-order valence-electron chi connectivity index (χ2n) is 5.35. The summed E-state index contributed by atoms with van der Waals surface area (Å²) in [6, 6.07) is 13.0. The maximum Gasteiger partial charge on any atom is 0.272 e. The van der Waals surface area contributed by atoms with E-state index in [4.69, 9.17) is 0 Å². The minimum atomic E-state index is -0.325. The number of halogens is 1. The van der Waals surface area contributed by atoms with Crippen LogP contribution in [0.25, 0.3) is 11.3 Å². The van der Waals surface area contributed by atoms with Crippen molar-refractivity contribution in [1.82, 2.24) is 29.7 Å². The third kappa shape index (κ3) is 2.97. The molecule has 1 aromatic carbocycles. The third-order valence-electron chi connectivity index (χ3n) is 3.70. The molecule has 0 radical (unpaired) electrons. The van der Waals surface area contributed by atoms with Crippen molar-refractivity contribution in [3.05, 3.63) is 78.3 Å². The van der Waals surface area contributed by atoms with Crippen LogP contribution in [0.5, 0.6) is 0 Å². The number of aromatic nitrogens is 5. The molecule has 124 valence electrons. The second-order valence-corrected chi connectivity index (χ2v) is 5.35. The van der Waals surface area contributed by atoms with Gasteiger partial charge in [-0.05, 0) is 42.5 Å². The Labute approximate surface area is 141 Å². The number of benzene rings is 1. The van der Waals surface area contributed by atoms with Crippen molar-refractivity contribution in [3.8, 4) is 5.69 Å². The van der Waals surface area contributed by atoms with Crippen LogP contribution in [0.4, 0.5) is 4.39 Å². The van der Waals surface area contributed by atoms with Gasteiger partial charge in [-0.1, -0.05) is 6.07 Å². The van der Waals surface area contributed by atoms with Gasteiger partial charge in [0.15, 0.2) is 17.2 Å². The molecule has 0 unspecified atom stereocenters. The lowest BCUT2D eigenvalue weighted by Gasteiger charge is -2.03. The van der Waals surface area contributed by atoms with Crippen LogP contribution in [0.2, 0.25) is 0 Å². The molecule has 25 heavy (non-hydrogen) atoms. The molecule has 4 rings (SSSR count). The van der Waals surface area contributed by atoms with E-state index in [1.54, 1.807) is 28.8 Å². The summed E-state index contributed by atoms with van der Waals surface area (Å²) in [6.45, 7) is 0.230. The summed E-state index contributed by atoms with van der Waals surface area (Å²) in [5, 5.41) is 15.1. The number of amides is 1. The second kappa shape index (κ2) is 6.16. The van der Waals surface area contributed by atoms with E-state index in [1.165, 1.54) is 16.8 Å². The van der Waals surface area contributed by atoms with Crippen molar-refractivity contribution >= 4 is 11.6 Å². The van der Waals surface area contributed by atoms with E-state index >= 15 is 0 Å². The molecule has 8 heteroatoms. The molecular weight excluding hydrogens is 323 g/mol. The van der Waals surface area contributed by atoms with Gasteiger partial charge in [-0.25, -0.2) is 9.07 Å². The van der Waals surface area contributed by atoms with E-state index < -0.39 is 0 Å². The Morgan fingerprint density at radius 3 is 2.72 bits per heavy atom. The van der Waals surface area contributed by atoms with Crippen LogP contribution < -0.4 is 5.32 Å². The molecule has 3 heterocycles. The van der Waals surface area contributed by atoms with E-state index in [0.29, 0.717) is 17.2 Å². The zero-order valence-corrected chi connectivity index (χ0v) is 13.0. The number of fused-ring (bicyclic) bond motifs is 1. The molecule has 0 saturated carbocycles. The standard InChI is InChI=1S/C17H13FN6O/c18-12-4-6-13(7-5-12)24-10-8-14(22-24)17(25)19-11-16-21-20-15-3-1-2-9-23(15)16/h1-10H,11H2,(H,19,25). The summed E-state index contributed by atoms with van der Waals surface area (Å²) < 4.78 is 16.3. The van der Waals surface area contributed by atoms with Crippen LogP contribution in [0.3, 0.4) is 0 Å². The van der Waals surface area contributed by atoms with Crippen molar-refractivity contribution < 1.29 is 9.18 Å². The van der Waals surface area contributed by atoms with Crippen molar-refractivity contribution in [2.24, 2.45) is 0 Å². The van der Waals surface area contributed by atoms with Gasteiger partial charge in [0.05, 0.1) is 12.2 Å². The first-order chi connectivity index (χ1) is 12.2. The Balaban J connectivity index is 1.47. The summed E-state index contributed by atoms with van der Waals surface area (Å²) in [4.78, 5) is 12.3. The van der Waals surface area contributed by atoms with Gasteiger partial charge in [-0.3, -0.25) is 9.20 Å². The average Bonchev–Trinajstić information content (AvgIpc) is 3.28. The van der Waals surface area contributed by atoms with Crippen molar-refractivity contribution in [2.75, 3.05) is 0 Å². The molecule has 0 aliphatic heterocycles. The third-order valence-corrected chi connectivity index (χ3v) is 3.70. The topological polar surface area (TPSA) is 77.1 Å². The zero-order valence-electron chi connectivity index (χ0n) is 13.0. The highest BCUT2D eigenvalue weighted by molar-refractivity contribution is 5.92. The molecule has 0 aliphatic rings. The quantitative estimate of drug-likeness (QED) is 0.618. The van der Waals surface area contributed by atoms with Gasteiger partial charge < -0.3 is 5.32 Å². The lowest BCUT2D eigenvalue weighted by Crippen LogP contribution is -2.24. The average molecular weight is 336 g/mol. The maximum atomic E-state index is 13.0. The fourth-order valence-corrected chi connectivity index (χ4v) is 2.44. The van der Waals surface area contributed by atoms with E-state index in [-0.39, 0.29) is 24.0 Å². The number of hydrogen-bond donors (Lipinski definition) is 1. The number of hydrogen-bond acceptors (Lipinski definition) is 4. The van der Waals surface area contributed by atoms with Crippen LogP contribution in [0.1, 0.15) is 16.3 Å².